The van der Waals surface area contributed by atoms with Gasteiger partial charge in [-0.1, -0.05) is 13.8 Å². The van der Waals surface area contributed by atoms with Crippen LogP contribution in [-0.4, -0.2) is 91.6 Å². The number of thioether (sulfide) groups is 2. The third-order valence-electron chi connectivity index (χ3n) is 4.35. The van der Waals surface area contributed by atoms with E-state index >= 15 is 0 Å². The van der Waals surface area contributed by atoms with Crippen LogP contribution in [0.4, 0.5) is 0 Å². The largest absolute Gasteiger partial charge is 0.355 e. The molecular weight excluding hydrogens is 364 g/mol. The molecular formula is C15H30N4O2S3. The molecule has 0 aromatic heterocycles. The maximum absolute atomic E-state index is 12.4. The molecule has 0 spiro atoms. The summed E-state index contributed by atoms with van der Waals surface area (Å²) in [6, 6.07) is 0. The number of sulfonamides is 1. The summed E-state index contributed by atoms with van der Waals surface area (Å²) in [5.74, 6) is 4.48. The highest BCUT2D eigenvalue weighted by Gasteiger charge is 2.26. The summed E-state index contributed by atoms with van der Waals surface area (Å²) in [6.45, 7) is 8.13. The SMILES string of the molecule is CN=C(NCCS(=O)(=O)N1CCSCC1)N1CCSC(C(C)C)C1. The van der Waals surface area contributed by atoms with Crippen LogP contribution in [0.2, 0.25) is 0 Å². The smallest absolute Gasteiger partial charge is 0.215 e. The van der Waals surface area contributed by atoms with Crippen LogP contribution >= 0.6 is 23.5 Å². The van der Waals surface area contributed by atoms with Crippen molar-refractivity contribution >= 4 is 39.5 Å². The van der Waals surface area contributed by atoms with E-state index in [1.807, 2.05) is 23.5 Å². The van der Waals surface area contributed by atoms with Crippen molar-refractivity contribution < 1.29 is 8.42 Å². The monoisotopic (exact) mass is 394 g/mol. The van der Waals surface area contributed by atoms with Crippen molar-refractivity contribution in [3.63, 3.8) is 0 Å². The van der Waals surface area contributed by atoms with Gasteiger partial charge in [-0.3, -0.25) is 4.99 Å². The van der Waals surface area contributed by atoms with Crippen LogP contribution in [0.25, 0.3) is 0 Å². The molecule has 0 amide bonds. The van der Waals surface area contributed by atoms with Crippen molar-refractivity contribution in [2.24, 2.45) is 10.9 Å². The highest BCUT2D eigenvalue weighted by molar-refractivity contribution is 8.00. The molecule has 9 heteroatoms. The molecule has 2 fully saturated rings. The zero-order valence-electron chi connectivity index (χ0n) is 14.9. The first-order chi connectivity index (χ1) is 11.4. The minimum Gasteiger partial charge on any atom is -0.355 e. The molecule has 0 aromatic carbocycles. The Morgan fingerprint density at radius 1 is 1.25 bits per heavy atom. The molecule has 2 saturated heterocycles. The van der Waals surface area contributed by atoms with Crippen molar-refractivity contribution in [2.75, 3.05) is 62.8 Å². The minimum absolute atomic E-state index is 0.132. The molecule has 0 aromatic rings. The van der Waals surface area contributed by atoms with Crippen molar-refractivity contribution in [1.29, 1.82) is 0 Å². The Labute approximate surface area is 155 Å². The molecule has 0 radical (unpaired) electrons. The van der Waals surface area contributed by atoms with Gasteiger partial charge in [-0.2, -0.15) is 23.5 Å². The van der Waals surface area contributed by atoms with Crippen molar-refractivity contribution in [2.45, 2.75) is 19.1 Å². The van der Waals surface area contributed by atoms with Gasteiger partial charge in [0, 0.05) is 62.3 Å². The molecule has 0 saturated carbocycles. The Morgan fingerprint density at radius 2 is 1.96 bits per heavy atom. The van der Waals surface area contributed by atoms with Crippen molar-refractivity contribution in [1.82, 2.24) is 14.5 Å². The zero-order valence-corrected chi connectivity index (χ0v) is 17.4. The molecule has 140 valence electrons. The lowest BCUT2D eigenvalue weighted by atomic mass is 10.1. The van der Waals surface area contributed by atoms with E-state index in [0.717, 1.165) is 36.3 Å². The molecule has 2 heterocycles. The zero-order chi connectivity index (χ0) is 17.6. The van der Waals surface area contributed by atoms with E-state index in [0.29, 0.717) is 30.8 Å². The fourth-order valence-electron chi connectivity index (χ4n) is 2.85. The maximum Gasteiger partial charge on any atom is 0.215 e. The average molecular weight is 395 g/mol. The van der Waals surface area contributed by atoms with Gasteiger partial charge in [-0.05, 0) is 5.92 Å². The maximum atomic E-state index is 12.4. The van der Waals surface area contributed by atoms with Gasteiger partial charge in [-0.15, -0.1) is 0 Å². The summed E-state index contributed by atoms with van der Waals surface area (Å²) in [7, 11) is -1.39. The fraction of sp³-hybridized carbons (Fsp3) is 0.933. The van der Waals surface area contributed by atoms with E-state index in [9.17, 15) is 8.42 Å². The van der Waals surface area contributed by atoms with E-state index in [1.54, 1.807) is 11.4 Å². The molecule has 0 aliphatic carbocycles. The van der Waals surface area contributed by atoms with Crippen LogP contribution in [0, 0.1) is 5.92 Å². The van der Waals surface area contributed by atoms with Crippen molar-refractivity contribution in [3.05, 3.63) is 0 Å². The second kappa shape index (κ2) is 9.54. The Bertz CT molecular complexity index is 519. The van der Waals surface area contributed by atoms with Crippen LogP contribution in [-0.2, 0) is 10.0 Å². The molecule has 2 aliphatic rings. The summed E-state index contributed by atoms with van der Waals surface area (Å²) in [6.07, 6.45) is 0. The Hall–Kier alpha value is -0.120. The Kier molecular flexibility index (Phi) is 8.03. The van der Waals surface area contributed by atoms with Gasteiger partial charge in [0.1, 0.15) is 0 Å². The first kappa shape index (κ1) is 20.2. The summed E-state index contributed by atoms with van der Waals surface area (Å²) in [5, 5.41) is 3.85. The van der Waals surface area contributed by atoms with E-state index in [4.69, 9.17) is 0 Å². The average Bonchev–Trinajstić information content (AvgIpc) is 2.59. The second-order valence-electron chi connectivity index (χ2n) is 6.40. The van der Waals surface area contributed by atoms with Gasteiger partial charge in [0.05, 0.1) is 5.75 Å². The lowest BCUT2D eigenvalue weighted by Crippen LogP contribution is -2.50. The van der Waals surface area contributed by atoms with Gasteiger partial charge in [0.2, 0.25) is 10.0 Å². The minimum atomic E-state index is -3.16. The standard InChI is InChI=1S/C15H30N4O2S3/c1-13(2)14-12-18(5-10-23-14)15(16-3)17-4-11-24(20,21)19-6-8-22-9-7-19/h13-14H,4-12H2,1-3H3,(H,16,17). The van der Waals surface area contributed by atoms with E-state index in [2.05, 4.69) is 29.1 Å². The van der Waals surface area contributed by atoms with Gasteiger partial charge in [0.25, 0.3) is 0 Å². The summed E-state index contributed by atoms with van der Waals surface area (Å²) in [5.41, 5.74) is 0. The predicted octanol–water partition coefficient (Wildman–Crippen LogP) is 1.01. The summed E-state index contributed by atoms with van der Waals surface area (Å²) < 4.78 is 26.4. The molecule has 2 aliphatic heterocycles. The molecule has 24 heavy (non-hydrogen) atoms. The number of guanidine groups is 1. The van der Waals surface area contributed by atoms with Gasteiger partial charge in [-0.25, -0.2) is 12.7 Å². The quantitative estimate of drug-likeness (QED) is 0.555. The summed E-state index contributed by atoms with van der Waals surface area (Å²) in [4.78, 5) is 6.60. The molecule has 0 bridgehead atoms. The number of rotatable bonds is 5. The van der Waals surface area contributed by atoms with Crippen LogP contribution in [0.5, 0.6) is 0 Å². The van der Waals surface area contributed by atoms with E-state index < -0.39 is 10.0 Å². The molecule has 1 unspecified atom stereocenters. The van der Waals surface area contributed by atoms with Gasteiger partial charge in [0.15, 0.2) is 5.96 Å². The van der Waals surface area contributed by atoms with Gasteiger partial charge < -0.3 is 10.2 Å². The van der Waals surface area contributed by atoms with Crippen molar-refractivity contribution in [3.8, 4) is 0 Å². The number of hydrogen-bond acceptors (Lipinski definition) is 5. The molecule has 1 N–H and O–H groups in total. The highest BCUT2D eigenvalue weighted by atomic mass is 32.2. The topological polar surface area (TPSA) is 65.0 Å². The molecule has 6 nitrogen and oxygen atoms in total. The first-order valence-corrected chi connectivity index (χ1v) is 12.4. The lowest BCUT2D eigenvalue weighted by molar-refractivity contribution is 0.381. The summed E-state index contributed by atoms with van der Waals surface area (Å²) >= 11 is 3.84. The van der Waals surface area contributed by atoms with Crippen LogP contribution in [0.15, 0.2) is 4.99 Å². The number of nitrogens with one attached hydrogen (secondary N) is 1. The first-order valence-electron chi connectivity index (χ1n) is 8.57. The Morgan fingerprint density at radius 3 is 2.58 bits per heavy atom. The third-order valence-corrected chi connectivity index (χ3v) is 8.71. The van der Waals surface area contributed by atoms with Gasteiger partial charge >= 0.3 is 0 Å². The third kappa shape index (κ3) is 5.71. The Balaban J connectivity index is 1.83. The predicted molar refractivity (Wildman–Crippen MR) is 107 cm³/mol. The van der Waals surface area contributed by atoms with E-state index in [1.165, 1.54) is 0 Å². The second-order valence-corrected chi connectivity index (χ2v) is 11.1. The van der Waals surface area contributed by atoms with Crippen LogP contribution in [0.3, 0.4) is 0 Å². The highest BCUT2D eigenvalue weighted by Crippen LogP contribution is 2.24. The molecule has 1 atom stereocenters. The number of hydrogen-bond donors (Lipinski definition) is 1. The number of nitrogens with zero attached hydrogens (tertiary/aromatic N) is 3. The van der Waals surface area contributed by atoms with E-state index in [-0.39, 0.29) is 5.75 Å². The molecule has 2 rings (SSSR count). The lowest BCUT2D eigenvalue weighted by Gasteiger charge is -2.36. The van der Waals surface area contributed by atoms with Crippen LogP contribution < -0.4 is 5.32 Å². The number of aliphatic imine (C=N–C) groups is 1. The fourth-order valence-corrected chi connectivity index (χ4v) is 6.64. The van der Waals surface area contributed by atoms with Crippen LogP contribution in [0.1, 0.15) is 13.8 Å². The normalized spacial score (nSPS) is 24.4.